The monoisotopic (exact) mass is 553 g/mol. The first-order valence-electron chi connectivity index (χ1n) is 14.2. The molecule has 0 fully saturated rings. The first-order valence-corrected chi connectivity index (χ1v) is 14.2. The SMILES string of the molecule is c1ccc2c(-c3ccc(N(c4ccc5c(c4)oc4cnccc45)c4ccc5c(c4)oc4cnccc45)cc3)cccc2c1. The summed E-state index contributed by atoms with van der Waals surface area (Å²) in [6, 6.07) is 40.4. The summed E-state index contributed by atoms with van der Waals surface area (Å²) < 4.78 is 12.5. The van der Waals surface area contributed by atoms with Gasteiger partial charge in [0.25, 0.3) is 0 Å². The quantitative estimate of drug-likeness (QED) is 0.217. The van der Waals surface area contributed by atoms with Crippen LogP contribution in [-0.2, 0) is 0 Å². The number of rotatable bonds is 4. The van der Waals surface area contributed by atoms with Crippen molar-refractivity contribution in [1.29, 1.82) is 0 Å². The largest absolute Gasteiger partial charge is 0.454 e. The number of hydrogen-bond acceptors (Lipinski definition) is 5. The van der Waals surface area contributed by atoms with Crippen molar-refractivity contribution in [2.75, 3.05) is 4.90 Å². The fourth-order valence-electron chi connectivity index (χ4n) is 6.23. The molecule has 0 saturated heterocycles. The van der Waals surface area contributed by atoms with E-state index in [1.165, 1.54) is 21.9 Å². The molecule has 0 spiro atoms. The molecule has 0 atom stereocenters. The number of aromatic nitrogens is 2. The summed E-state index contributed by atoms with van der Waals surface area (Å²) >= 11 is 0. The summed E-state index contributed by atoms with van der Waals surface area (Å²) in [4.78, 5) is 10.7. The van der Waals surface area contributed by atoms with Crippen LogP contribution in [0.3, 0.4) is 0 Å². The Labute approximate surface area is 246 Å². The molecule has 0 radical (unpaired) electrons. The second-order valence-corrected chi connectivity index (χ2v) is 10.7. The van der Waals surface area contributed by atoms with Gasteiger partial charge in [-0.15, -0.1) is 0 Å². The Kier molecular flexibility index (Phi) is 5.13. The van der Waals surface area contributed by atoms with Gasteiger partial charge in [0.2, 0.25) is 0 Å². The fourth-order valence-corrected chi connectivity index (χ4v) is 6.23. The summed E-state index contributed by atoms with van der Waals surface area (Å²) in [5.74, 6) is 0. The zero-order chi connectivity index (χ0) is 28.3. The molecule has 5 aromatic carbocycles. The van der Waals surface area contributed by atoms with Gasteiger partial charge in [-0.05, 0) is 70.4 Å². The van der Waals surface area contributed by atoms with Crippen molar-refractivity contribution in [3.8, 4) is 11.1 Å². The first kappa shape index (κ1) is 23.7. The molecule has 4 aromatic heterocycles. The van der Waals surface area contributed by atoms with Crippen LogP contribution in [0.4, 0.5) is 17.1 Å². The predicted molar refractivity (Wildman–Crippen MR) is 174 cm³/mol. The van der Waals surface area contributed by atoms with Crippen molar-refractivity contribution in [2.24, 2.45) is 0 Å². The Morgan fingerprint density at radius 1 is 0.442 bits per heavy atom. The van der Waals surface area contributed by atoms with E-state index in [9.17, 15) is 0 Å². The van der Waals surface area contributed by atoms with Gasteiger partial charge >= 0.3 is 0 Å². The molecule has 43 heavy (non-hydrogen) atoms. The molecular weight excluding hydrogens is 530 g/mol. The number of anilines is 3. The minimum absolute atomic E-state index is 0.776. The van der Waals surface area contributed by atoms with Crippen LogP contribution < -0.4 is 4.90 Å². The fraction of sp³-hybridized carbons (Fsp3) is 0. The Morgan fingerprint density at radius 2 is 1.00 bits per heavy atom. The highest BCUT2D eigenvalue weighted by atomic mass is 16.3. The number of furan rings is 2. The molecule has 0 aliphatic heterocycles. The molecule has 0 N–H and O–H groups in total. The van der Waals surface area contributed by atoms with Crippen molar-refractivity contribution in [3.05, 3.63) is 140 Å². The van der Waals surface area contributed by atoms with Crippen LogP contribution in [0.15, 0.2) is 149 Å². The maximum Gasteiger partial charge on any atom is 0.153 e. The third-order valence-electron chi connectivity index (χ3n) is 8.26. The molecule has 0 bridgehead atoms. The zero-order valence-electron chi connectivity index (χ0n) is 22.9. The maximum atomic E-state index is 6.23. The predicted octanol–water partition coefficient (Wildman–Crippen LogP) is 10.6. The van der Waals surface area contributed by atoms with Crippen LogP contribution in [0.5, 0.6) is 0 Å². The van der Waals surface area contributed by atoms with E-state index in [4.69, 9.17) is 8.83 Å². The normalized spacial score (nSPS) is 11.7. The summed E-state index contributed by atoms with van der Waals surface area (Å²) in [5.41, 5.74) is 8.55. The van der Waals surface area contributed by atoms with Crippen molar-refractivity contribution < 1.29 is 8.83 Å². The Balaban J connectivity index is 1.22. The molecule has 9 aromatic rings. The summed E-state index contributed by atoms with van der Waals surface area (Å²) in [6.45, 7) is 0. The molecule has 9 rings (SSSR count). The lowest BCUT2D eigenvalue weighted by atomic mass is 9.98. The molecule has 0 aliphatic carbocycles. The minimum Gasteiger partial charge on any atom is -0.454 e. The van der Waals surface area contributed by atoms with E-state index in [0.717, 1.165) is 60.9 Å². The Morgan fingerprint density at radius 3 is 1.65 bits per heavy atom. The van der Waals surface area contributed by atoms with E-state index in [0.29, 0.717) is 0 Å². The van der Waals surface area contributed by atoms with Gasteiger partial charge in [0, 0.05) is 63.1 Å². The highest BCUT2D eigenvalue weighted by Crippen LogP contribution is 2.41. The van der Waals surface area contributed by atoms with Gasteiger partial charge < -0.3 is 13.7 Å². The molecule has 5 nitrogen and oxygen atoms in total. The molecule has 5 heteroatoms. The van der Waals surface area contributed by atoms with Crippen molar-refractivity contribution in [3.63, 3.8) is 0 Å². The van der Waals surface area contributed by atoms with Crippen LogP contribution in [0.25, 0.3) is 65.8 Å². The maximum absolute atomic E-state index is 6.23. The number of benzene rings is 5. The van der Waals surface area contributed by atoms with Gasteiger partial charge in [-0.1, -0.05) is 54.6 Å². The molecule has 4 heterocycles. The van der Waals surface area contributed by atoms with Crippen molar-refractivity contribution >= 4 is 71.7 Å². The van der Waals surface area contributed by atoms with Gasteiger partial charge in [0.15, 0.2) is 11.2 Å². The van der Waals surface area contributed by atoms with E-state index >= 15 is 0 Å². The van der Waals surface area contributed by atoms with Crippen LogP contribution >= 0.6 is 0 Å². The summed E-state index contributed by atoms with van der Waals surface area (Å²) in [6.07, 6.45) is 7.13. The van der Waals surface area contributed by atoms with Gasteiger partial charge in [-0.3, -0.25) is 9.97 Å². The van der Waals surface area contributed by atoms with Crippen LogP contribution in [0.2, 0.25) is 0 Å². The molecule has 0 aliphatic rings. The highest BCUT2D eigenvalue weighted by molar-refractivity contribution is 6.07. The van der Waals surface area contributed by atoms with Gasteiger partial charge in [0.05, 0.1) is 12.4 Å². The van der Waals surface area contributed by atoms with E-state index in [1.54, 1.807) is 24.8 Å². The second-order valence-electron chi connectivity index (χ2n) is 10.7. The smallest absolute Gasteiger partial charge is 0.153 e. The zero-order valence-corrected chi connectivity index (χ0v) is 22.9. The molecule has 0 saturated carbocycles. The lowest BCUT2D eigenvalue weighted by Gasteiger charge is -2.25. The van der Waals surface area contributed by atoms with E-state index in [-0.39, 0.29) is 0 Å². The number of hydrogen-bond donors (Lipinski definition) is 0. The van der Waals surface area contributed by atoms with E-state index in [1.807, 2.05) is 12.1 Å². The third-order valence-corrected chi connectivity index (χ3v) is 8.26. The third kappa shape index (κ3) is 3.79. The van der Waals surface area contributed by atoms with Crippen LogP contribution in [-0.4, -0.2) is 9.97 Å². The lowest BCUT2D eigenvalue weighted by Crippen LogP contribution is -2.09. The number of pyridine rings is 2. The van der Waals surface area contributed by atoms with Crippen LogP contribution in [0, 0.1) is 0 Å². The average Bonchev–Trinajstić information content (AvgIpc) is 3.62. The minimum atomic E-state index is 0.776. The summed E-state index contributed by atoms with van der Waals surface area (Å²) in [5, 5.41) is 6.71. The van der Waals surface area contributed by atoms with Gasteiger partial charge in [-0.25, -0.2) is 0 Å². The highest BCUT2D eigenvalue weighted by Gasteiger charge is 2.18. The van der Waals surface area contributed by atoms with Crippen LogP contribution in [0.1, 0.15) is 0 Å². The number of fused-ring (bicyclic) bond motifs is 7. The van der Waals surface area contributed by atoms with Crippen molar-refractivity contribution in [2.45, 2.75) is 0 Å². The van der Waals surface area contributed by atoms with Gasteiger partial charge in [-0.2, -0.15) is 0 Å². The topological polar surface area (TPSA) is 55.3 Å². The molecule has 0 unspecified atom stereocenters. The van der Waals surface area contributed by atoms with E-state index in [2.05, 4.69) is 118 Å². The van der Waals surface area contributed by atoms with Crippen molar-refractivity contribution in [1.82, 2.24) is 9.97 Å². The molecule has 202 valence electrons. The standard InChI is InChI=1S/C38H23N3O2/c1-2-6-29-24(4-1)5-3-7-30(29)25-8-10-26(11-9-25)41(27-12-14-31-33-16-18-39-22-37(33)42-35(31)20-27)28-13-15-32-34-17-19-40-23-38(34)43-36(32)21-28/h1-23H. The second kappa shape index (κ2) is 9.29. The Bertz CT molecular complexity index is 2350. The summed E-state index contributed by atoms with van der Waals surface area (Å²) in [7, 11) is 0. The average molecular weight is 554 g/mol. The Hall–Kier alpha value is -5.94. The molecular formula is C38H23N3O2. The molecule has 0 amide bonds. The van der Waals surface area contributed by atoms with Gasteiger partial charge in [0.1, 0.15) is 11.2 Å². The lowest BCUT2D eigenvalue weighted by molar-refractivity contribution is 0.667. The first-order chi connectivity index (χ1) is 21.3. The van der Waals surface area contributed by atoms with E-state index < -0.39 is 0 Å². The number of nitrogens with zero attached hydrogens (tertiary/aromatic N) is 3.